The van der Waals surface area contributed by atoms with Crippen LogP contribution in [0.4, 0.5) is 0 Å². The Balaban J connectivity index is 1.57. The van der Waals surface area contributed by atoms with Crippen molar-refractivity contribution in [3.8, 4) is 5.75 Å². The van der Waals surface area contributed by atoms with Crippen LogP contribution in [0, 0.1) is 0 Å². The van der Waals surface area contributed by atoms with E-state index in [4.69, 9.17) is 9.47 Å². The monoisotopic (exact) mass is 571 g/mol. The largest absolute Gasteiger partial charge is 0.487 e. The molecular formula is C33H37N3O6. The van der Waals surface area contributed by atoms with Gasteiger partial charge < -0.3 is 24.5 Å². The highest BCUT2D eigenvalue weighted by Crippen LogP contribution is 2.31. The summed E-state index contributed by atoms with van der Waals surface area (Å²) in [4.78, 5) is 45.0. The molecule has 3 aromatic carbocycles. The molecule has 0 aliphatic carbocycles. The van der Waals surface area contributed by atoms with E-state index in [1.165, 1.54) is 6.07 Å². The Morgan fingerprint density at radius 3 is 2.24 bits per heavy atom. The highest BCUT2D eigenvalue weighted by atomic mass is 16.5. The van der Waals surface area contributed by atoms with Gasteiger partial charge in [-0.2, -0.15) is 0 Å². The summed E-state index contributed by atoms with van der Waals surface area (Å²) in [5.74, 6) is -1.21. The number of carboxylic acids is 1. The number of carbonyl (C=O) groups excluding carboxylic acids is 2. The quantitative estimate of drug-likeness (QED) is 0.151. The number of benzene rings is 3. The van der Waals surface area contributed by atoms with Crippen molar-refractivity contribution in [2.24, 2.45) is 0 Å². The van der Waals surface area contributed by atoms with Crippen molar-refractivity contribution in [2.75, 3.05) is 33.8 Å². The number of aromatic nitrogens is 1. The molecule has 1 heterocycles. The lowest BCUT2D eigenvalue weighted by Gasteiger charge is -2.28. The molecular weight excluding hydrogens is 534 g/mol. The van der Waals surface area contributed by atoms with E-state index in [0.29, 0.717) is 41.9 Å². The standard InChI is InChI=1S/C33H37N3O6/c1-23(18-31(38)41-17-16-35(2)3)36(20-24-10-6-4-7-11-24)21-29(37)26-14-15-30(42-22-25-12-8-5-9-13-25)32-27(26)19-28(34-32)33(39)40/h4-15,19,23,34H,16-18,20-22H2,1-3H3,(H,39,40). The number of nitrogens with one attached hydrogen (secondary N) is 1. The first kappa shape index (κ1) is 30.5. The van der Waals surface area contributed by atoms with Crippen molar-refractivity contribution in [3.63, 3.8) is 0 Å². The first-order chi connectivity index (χ1) is 20.2. The lowest BCUT2D eigenvalue weighted by Crippen LogP contribution is -2.38. The minimum absolute atomic E-state index is 0.0218. The van der Waals surface area contributed by atoms with E-state index in [1.807, 2.05) is 91.5 Å². The van der Waals surface area contributed by atoms with Crippen LogP contribution in [0.3, 0.4) is 0 Å². The predicted octanol–water partition coefficient (Wildman–Crippen LogP) is 5.01. The molecule has 4 aromatic rings. The van der Waals surface area contributed by atoms with Crippen molar-refractivity contribution in [2.45, 2.75) is 32.5 Å². The van der Waals surface area contributed by atoms with E-state index in [2.05, 4.69) is 4.98 Å². The number of esters is 1. The van der Waals surface area contributed by atoms with E-state index in [9.17, 15) is 19.5 Å². The summed E-state index contributed by atoms with van der Waals surface area (Å²) in [6, 6.07) is 23.9. The zero-order valence-electron chi connectivity index (χ0n) is 24.2. The third kappa shape index (κ3) is 8.28. The van der Waals surface area contributed by atoms with Crippen molar-refractivity contribution in [3.05, 3.63) is 101 Å². The Bertz CT molecular complexity index is 1500. The highest BCUT2D eigenvalue weighted by Gasteiger charge is 2.24. The molecule has 0 fully saturated rings. The molecule has 0 spiro atoms. The van der Waals surface area contributed by atoms with Crippen LogP contribution >= 0.6 is 0 Å². The van der Waals surface area contributed by atoms with Gasteiger partial charge in [0.2, 0.25) is 0 Å². The van der Waals surface area contributed by atoms with Crippen LogP contribution in [-0.2, 0) is 22.7 Å². The van der Waals surface area contributed by atoms with Crippen LogP contribution in [0.1, 0.15) is 45.3 Å². The zero-order valence-corrected chi connectivity index (χ0v) is 24.2. The smallest absolute Gasteiger partial charge is 0.352 e. The molecule has 0 aliphatic heterocycles. The molecule has 1 atom stereocenters. The van der Waals surface area contributed by atoms with Gasteiger partial charge in [0, 0.05) is 30.1 Å². The van der Waals surface area contributed by atoms with E-state index in [1.54, 1.807) is 12.1 Å². The van der Waals surface area contributed by atoms with Gasteiger partial charge in [-0.05, 0) is 50.3 Å². The Morgan fingerprint density at radius 1 is 0.929 bits per heavy atom. The first-order valence-corrected chi connectivity index (χ1v) is 13.9. The van der Waals surface area contributed by atoms with Gasteiger partial charge in [0.1, 0.15) is 24.7 Å². The molecule has 9 nitrogen and oxygen atoms in total. The average molecular weight is 572 g/mol. The van der Waals surface area contributed by atoms with Crippen molar-refractivity contribution in [1.29, 1.82) is 0 Å². The molecule has 9 heteroatoms. The number of carbonyl (C=O) groups is 3. The topological polar surface area (TPSA) is 112 Å². The fourth-order valence-corrected chi connectivity index (χ4v) is 4.63. The van der Waals surface area contributed by atoms with Crippen LogP contribution in [0.5, 0.6) is 5.75 Å². The number of carboxylic acid groups (broad SMARTS) is 1. The number of aromatic amines is 1. The number of H-pyrrole nitrogens is 1. The summed E-state index contributed by atoms with van der Waals surface area (Å²) in [5, 5.41) is 10.1. The minimum atomic E-state index is -1.13. The number of hydrogen-bond donors (Lipinski definition) is 2. The molecule has 1 unspecified atom stereocenters. The minimum Gasteiger partial charge on any atom is -0.487 e. The summed E-state index contributed by atoms with van der Waals surface area (Å²) in [6.07, 6.45) is 0.128. The van der Waals surface area contributed by atoms with Crippen LogP contribution in [0.15, 0.2) is 78.9 Å². The second-order valence-electron chi connectivity index (χ2n) is 10.6. The molecule has 0 bridgehead atoms. The van der Waals surface area contributed by atoms with Gasteiger partial charge in [-0.15, -0.1) is 0 Å². The Kier molecular flexibility index (Phi) is 10.5. The third-order valence-electron chi connectivity index (χ3n) is 6.99. The normalized spacial score (nSPS) is 12.0. The van der Waals surface area contributed by atoms with Gasteiger partial charge >= 0.3 is 11.9 Å². The number of fused-ring (bicyclic) bond motifs is 1. The van der Waals surface area contributed by atoms with Gasteiger partial charge in [-0.3, -0.25) is 14.5 Å². The molecule has 0 saturated heterocycles. The second kappa shape index (κ2) is 14.4. The maximum Gasteiger partial charge on any atom is 0.352 e. The first-order valence-electron chi connectivity index (χ1n) is 13.9. The number of ketones is 1. The third-order valence-corrected chi connectivity index (χ3v) is 6.99. The molecule has 0 aliphatic rings. The number of likely N-dealkylation sites (N-methyl/N-ethyl adjacent to an activating group) is 1. The van der Waals surface area contributed by atoms with E-state index in [-0.39, 0.29) is 43.1 Å². The SMILES string of the molecule is CC(CC(=O)OCCN(C)C)N(CC(=O)c1ccc(OCc2ccccc2)c2[nH]c(C(=O)O)cc12)Cc1ccccc1. The maximum absolute atomic E-state index is 13.8. The molecule has 0 saturated carbocycles. The van der Waals surface area contributed by atoms with E-state index in [0.717, 1.165) is 11.1 Å². The molecule has 4 rings (SSSR count). The Hall–Kier alpha value is -4.47. The number of Topliss-reactive ketones (excluding diaryl/α,β-unsaturated/α-hetero) is 1. The number of hydrogen-bond acceptors (Lipinski definition) is 7. The molecule has 0 radical (unpaired) electrons. The summed E-state index contributed by atoms with van der Waals surface area (Å²) < 4.78 is 11.4. The summed E-state index contributed by atoms with van der Waals surface area (Å²) >= 11 is 0. The van der Waals surface area contributed by atoms with Crippen LogP contribution in [0.25, 0.3) is 10.9 Å². The molecule has 220 valence electrons. The Morgan fingerprint density at radius 2 is 1.60 bits per heavy atom. The van der Waals surface area contributed by atoms with Gasteiger partial charge in [0.25, 0.3) is 0 Å². The number of ether oxygens (including phenoxy) is 2. The molecule has 42 heavy (non-hydrogen) atoms. The van der Waals surface area contributed by atoms with E-state index >= 15 is 0 Å². The van der Waals surface area contributed by atoms with Crippen LogP contribution in [0.2, 0.25) is 0 Å². The fourth-order valence-electron chi connectivity index (χ4n) is 4.63. The summed E-state index contributed by atoms with van der Waals surface area (Å²) in [7, 11) is 3.82. The van der Waals surface area contributed by atoms with Gasteiger partial charge in [0.15, 0.2) is 5.78 Å². The average Bonchev–Trinajstić information content (AvgIpc) is 3.43. The Labute approximate surface area is 245 Å². The number of aromatic carboxylic acids is 1. The predicted molar refractivity (Wildman–Crippen MR) is 161 cm³/mol. The van der Waals surface area contributed by atoms with Gasteiger partial charge in [0.05, 0.1) is 18.5 Å². The number of nitrogens with zero attached hydrogens (tertiary/aromatic N) is 2. The summed E-state index contributed by atoms with van der Waals surface area (Å²) in [5.41, 5.74) is 2.75. The van der Waals surface area contributed by atoms with Gasteiger partial charge in [-0.1, -0.05) is 60.7 Å². The van der Waals surface area contributed by atoms with Crippen LogP contribution in [-0.4, -0.2) is 77.4 Å². The van der Waals surface area contributed by atoms with Crippen molar-refractivity contribution in [1.82, 2.24) is 14.8 Å². The highest BCUT2D eigenvalue weighted by molar-refractivity contribution is 6.11. The number of rotatable bonds is 15. The van der Waals surface area contributed by atoms with Crippen molar-refractivity contribution < 1.29 is 29.0 Å². The van der Waals surface area contributed by atoms with E-state index < -0.39 is 5.97 Å². The fraction of sp³-hybridized carbons (Fsp3) is 0.303. The van der Waals surface area contributed by atoms with Gasteiger partial charge in [-0.25, -0.2) is 4.79 Å². The second-order valence-corrected chi connectivity index (χ2v) is 10.6. The van der Waals surface area contributed by atoms with Crippen LogP contribution < -0.4 is 4.74 Å². The summed E-state index contributed by atoms with van der Waals surface area (Å²) in [6.45, 7) is 3.59. The molecule has 0 amide bonds. The zero-order chi connectivity index (χ0) is 30.1. The lowest BCUT2D eigenvalue weighted by molar-refractivity contribution is -0.145. The molecule has 1 aromatic heterocycles. The maximum atomic E-state index is 13.8. The van der Waals surface area contributed by atoms with Crippen molar-refractivity contribution >= 4 is 28.6 Å². The lowest BCUT2D eigenvalue weighted by atomic mass is 10.0. The molecule has 2 N–H and O–H groups in total.